The number of nitrogens with zero attached hydrogens (tertiary/aromatic N) is 1. The van der Waals surface area contributed by atoms with Crippen molar-refractivity contribution in [2.24, 2.45) is 4.99 Å². The monoisotopic (exact) mass is 389 g/mol. The molecule has 0 saturated heterocycles. The molecule has 0 bridgehead atoms. The first-order valence-electron chi connectivity index (χ1n) is 8.89. The van der Waals surface area contributed by atoms with E-state index in [0.29, 0.717) is 0 Å². The lowest BCUT2D eigenvalue weighted by molar-refractivity contribution is 1.36. The molecule has 0 atom stereocenters. The van der Waals surface area contributed by atoms with Gasteiger partial charge in [0.2, 0.25) is 0 Å². The first-order valence-corrected chi connectivity index (χ1v) is 10.6. The average molecular weight is 390 g/mol. The maximum Gasteiger partial charge on any atom is 0.105 e. The lowest BCUT2D eigenvalue weighted by Gasteiger charge is -2.08. The van der Waals surface area contributed by atoms with Crippen LogP contribution in [-0.4, -0.2) is 5.04 Å². The van der Waals surface area contributed by atoms with Gasteiger partial charge in [-0.3, -0.25) is 0 Å². The van der Waals surface area contributed by atoms with Crippen LogP contribution < -0.4 is 0 Å². The minimum absolute atomic E-state index is 0.973. The summed E-state index contributed by atoms with van der Waals surface area (Å²) in [5, 5.41) is 3.21. The van der Waals surface area contributed by atoms with Crippen molar-refractivity contribution in [2.45, 2.75) is 30.6 Å². The second-order valence-corrected chi connectivity index (χ2v) is 8.41. The summed E-state index contributed by atoms with van der Waals surface area (Å²) in [5.41, 5.74) is 4.67. The normalized spacial score (nSPS) is 12.3. The third kappa shape index (κ3) is 6.16. The summed E-state index contributed by atoms with van der Waals surface area (Å²) in [7, 11) is 0. The third-order valence-electron chi connectivity index (χ3n) is 3.89. The molecule has 3 aromatic carbocycles. The molecule has 1 nitrogen and oxygen atoms in total. The fourth-order valence-electron chi connectivity index (χ4n) is 2.50. The van der Waals surface area contributed by atoms with Crippen LogP contribution in [0.4, 0.5) is 5.69 Å². The Morgan fingerprint density at radius 3 is 2.07 bits per heavy atom. The topological polar surface area (TPSA) is 12.4 Å². The molecule has 3 rings (SSSR count). The molecule has 3 heteroatoms. The quantitative estimate of drug-likeness (QED) is 0.250. The number of benzene rings is 3. The van der Waals surface area contributed by atoms with Gasteiger partial charge < -0.3 is 0 Å². The average Bonchev–Trinajstić information content (AvgIpc) is 2.66. The fourth-order valence-corrected chi connectivity index (χ4v) is 4.39. The summed E-state index contributed by atoms with van der Waals surface area (Å²) >= 11 is 3.45. The van der Waals surface area contributed by atoms with Gasteiger partial charge in [-0.15, -0.1) is 0 Å². The highest BCUT2D eigenvalue weighted by molar-refractivity contribution is 8.14. The molecule has 3 aromatic rings. The van der Waals surface area contributed by atoms with E-state index in [0.717, 1.165) is 16.3 Å². The fraction of sp³-hybridized carbons (Fsp3) is 0.125. The van der Waals surface area contributed by atoms with Gasteiger partial charge in [-0.2, -0.15) is 0 Å². The van der Waals surface area contributed by atoms with Crippen molar-refractivity contribution in [2.75, 3.05) is 0 Å². The van der Waals surface area contributed by atoms with Crippen LogP contribution in [0.3, 0.4) is 0 Å². The second kappa shape index (κ2) is 9.63. The molecule has 27 heavy (non-hydrogen) atoms. The van der Waals surface area contributed by atoms with Crippen LogP contribution in [-0.2, 0) is 0 Å². The van der Waals surface area contributed by atoms with Gasteiger partial charge >= 0.3 is 0 Å². The molecule has 0 aliphatic carbocycles. The Morgan fingerprint density at radius 1 is 0.778 bits per heavy atom. The van der Waals surface area contributed by atoms with Crippen LogP contribution >= 0.6 is 23.5 Å². The maximum atomic E-state index is 4.91. The molecule has 0 radical (unpaired) electrons. The number of aryl methyl sites for hydroxylation is 2. The highest BCUT2D eigenvalue weighted by Crippen LogP contribution is 2.29. The Hall–Kier alpha value is -2.23. The largest absolute Gasteiger partial charge is 0.241 e. The summed E-state index contributed by atoms with van der Waals surface area (Å²) in [4.78, 5) is 7.36. The van der Waals surface area contributed by atoms with Crippen molar-refractivity contribution < 1.29 is 0 Å². The first kappa shape index (κ1) is 19.5. The van der Waals surface area contributed by atoms with E-state index in [1.54, 1.807) is 23.5 Å². The Morgan fingerprint density at radius 2 is 1.41 bits per heavy atom. The van der Waals surface area contributed by atoms with Gasteiger partial charge in [-0.25, -0.2) is 4.99 Å². The summed E-state index contributed by atoms with van der Waals surface area (Å²) in [5.74, 6) is 0. The predicted octanol–water partition coefficient (Wildman–Crippen LogP) is 7.82. The van der Waals surface area contributed by atoms with E-state index in [-0.39, 0.29) is 0 Å². The summed E-state index contributed by atoms with van der Waals surface area (Å²) < 4.78 is 0. The van der Waals surface area contributed by atoms with Crippen molar-refractivity contribution in [1.29, 1.82) is 0 Å². The van der Waals surface area contributed by atoms with Gasteiger partial charge in [0, 0.05) is 9.79 Å². The minimum atomic E-state index is 0.973. The van der Waals surface area contributed by atoms with Crippen LogP contribution in [0.2, 0.25) is 0 Å². The Labute approximate surface area is 170 Å². The number of thioether (sulfide) groups is 2. The van der Waals surface area contributed by atoms with Crippen LogP contribution in [0.1, 0.15) is 18.1 Å². The number of aliphatic imine (C=N–C) groups is 1. The van der Waals surface area contributed by atoms with Gasteiger partial charge in [0.1, 0.15) is 5.04 Å². The Balaban J connectivity index is 1.88. The SMILES string of the molecule is CC(=C\Sc1cccc(C)c1)/C(=N/c1ccccc1)Sc1cccc(C)c1. The van der Waals surface area contributed by atoms with Crippen molar-refractivity contribution in [3.8, 4) is 0 Å². The van der Waals surface area contributed by atoms with E-state index in [9.17, 15) is 0 Å². The zero-order valence-corrected chi connectivity index (χ0v) is 17.5. The van der Waals surface area contributed by atoms with E-state index >= 15 is 0 Å². The van der Waals surface area contributed by atoms with Gasteiger partial charge in [0.15, 0.2) is 0 Å². The molecule has 0 unspecified atom stereocenters. The van der Waals surface area contributed by atoms with Gasteiger partial charge in [-0.05, 0) is 68.2 Å². The third-order valence-corrected chi connectivity index (χ3v) is 5.98. The summed E-state index contributed by atoms with van der Waals surface area (Å²) in [6.45, 7) is 6.37. The molecular weight excluding hydrogens is 366 g/mol. The zero-order valence-electron chi connectivity index (χ0n) is 15.8. The molecule has 0 heterocycles. The van der Waals surface area contributed by atoms with Crippen molar-refractivity contribution >= 4 is 34.3 Å². The Bertz CT molecular complexity index is 959. The van der Waals surface area contributed by atoms with E-state index in [2.05, 4.69) is 74.7 Å². The molecule has 136 valence electrons. The highest BCUT2D eigenvalue weighted by Gasteiger charge is 2.07. The highest BCUT2D eigenvalue weighted by atomic mass is 32.2. The Kier molecular flexibility index (Phi) is 6.97. The molecule has 0 aromatic heterocycles. The zero-order chi connectivity index (χ0) is 19.1. The molecule has 0 amide bonds. The molecule has 0 N–H and O–H groups in total. The number of hydrogen-bond acceptors (Lipinski definition) is 3. The molecule has 0 aliphatic heterocycles. The number of hydrogen-bond donors (Lipinski definition) is 0. The van der Waals surface area contributed by atoms with Crippen LogP contribution in [0.25, 0.3) is 0 Å². The molecule has 0 aliphatic rings. The van der Waals surface area contributed by atoms with E-state index in [1.165, 1.54) is 20.9 Å². The van der Waals surface area contributed by atoms with Crippen molar-refractivity contribution in [3.05, 3.63) is 101 Å². The van der Waals surface area contributed by atoms with Gasteiger partial charge in [0.05, 0.1) is 5.69 Å². The predicted molar refractivity (Wildman–Crippen MR) is 121 cm³/mol. The van der Waals surface area contributed by atoms with Crippen LogP contribution in [0, 0.1) is 13.8 Å². The molecular formula is C24H23NS2. The summed E-state index contributed by atoms with van der Waals surface area (Å²) in [6, 6.07) is 27.3. The smallest absolute Gasteiger partial charge is 0.105 e. The number of para-hydroxylation sites is 1. The second-order valence-electron chi connectivity index (χ2n) is 6.41. The van der Waals surface area contributed by atoms with E-state index < -0.39 is 0 Å². The standard InChI is InChI=1S/C24H23NS2/c1-18-9-7-13-22(15-18)26-17-20(3)24(25-21-11-5-4-6-12-21)27-23-14-8-10-19(2)16-23/h4-17H,1-3H3/b20-17+,25-24-. The lowest BCUT2D eigenvalue weighted by Crippen LogP contribution is -1.94. The maximum absolute atomic E-state index is 4.91. The molecule has 0 saturated carbocycles. The molecule has 0 fully saturated rings. The minimum Gasteiger partial charge on any atom is -0.241 e. The van der Waals surface area contributed by atoms with Crippen molar-refractivity contribution in [1.82, 2.24) is 0 Å². The van der Waals surface area contributed by atoms with Crippen LogP contribution in [0.15, 0.2) is 105 Å². The van der Waals surface area contributed by atoms with E-state index in [1.807, 2.05) is 30.3 Å². The lowest BCUT2D eigenvalue weighted by atomic mass is 10.2. The van der Waals surface area contributed by atoms with E-state index in [4.69, 9.17) is 4.99 Å². The first-order chi connectivity index (χ1) is 13.1. The summed E-state index contributed by atoms with van der Waals surface area (Å²) in [6.07, 6.45) is 0. The van der Waals surface area contributed by atoms with Gasteiger partial charge in [0.25, 0.3) is 0 Å². The van der Waals surface area contributed by atoms with Gasteiger partial charge in [-0.1, -0.05) is 77.1 Å². The van der Waals surface area contributed by atoms with Crippen molar-refractivity contribution in [3.63, 3.8) is 0 Å². The van der Waals surface area contributed by atoms with Crippen LogP contribution in [0.5, 0.6) is 0 Å². The number of rotatable bonds is 5. The molecule has 0 spiro atoms.